The molecule has 2 aliphatic rings. The average Bonchev–Trinajstić information content (AvgIpc) is 3.43. The van der Waals surface area contributed by atoms with Crippen molar-refractivity contribution >= 4 is 42.0 Å². The van der Waals surface area contributed by atoms with E-state index in [1.165, 1.54) is 7.69 Å². The van der Waals surface area contributed by atoms with Gasteiger partial charge in [0.05, 0.1) is 25.7 Å². The number of methoxy groups -OCH3 is 2. The highest BCUT2D eigenvalue weighted by molar-refractivity contribution is 6.31. The van der Waals surface area contributed by atoms with E-state index >= 15 is 0 Å². The van der Waals surface area contributed by atoms with Gasteiger partial charge in [-0.05, 0) is 73.2 Å². The van der Waals surface area contributed by atoms with Crippen LogP contribution in [0.15, 0.2) is 47.9 Å². The maximum atomic E-state index is 6.22. The first kappa shape index (κ1) is 22.0. The van der Waals surface area contributed by atoms with Crippen molar-refractivity contribution in [1.29, 1.82) is 0 Å². The molecule has 4 nitrogen and oxygen atoms in total. The molecule has 7 heteroatoms. The number of ether oxygens (including phenoxy) is 2. The van der Waals surface area contributed by atoms with Crippen LogP contribution in [0.25, 0.3) is 11.1 Å². The summed E-state index contributed by atoms with van der Waals surface area (Å²) in [6.45, 7) is 0. The van der Waals surface area contributed by atoms with E-state index in [9.17, 15) is 0 Å². The van der Waals surface area contributed by atoms with E-state index in [1.54, 1.807) is 14.2 Å². The zero-order chi connectivity index (χ0) is 21.8. The maximum Gasteiger partial charge on any atom is 0.657 e. The fourth-order valence-corrected chi connectivity index (χ4v) is 4.58. The molecule has 0 spiro atoms. The number of hydrogen-bond donors (Lipinski definition) is 0. The molecule has 0 fully saturated rings. The quantitative estimate of drug-likeness (QED) is 0.397. The van der Waals surface area contributed by atoms with Crippen molar-refractivity contribution in [3.63, 3.8) is 0 Å². The van der Waals surface area contributed by atoms with Crippen LogP contribution in [0.3, 0.4) is 0 Å². The third kappa shape index (κ3) is 4.83. The van der Waals surface area contributed by atoms with Crippen LogP contribution in [-0.4, -0.2) is 21.9 Å². The number of halogens is 2. The summed E-state index contributed by atoms with van der Waals surface area (Å²) >= 11 is 12.4. The third-order valence-electron chi connectivity index (χ3n) is 5.69. The summed E-state index contributed by atoms with van der Waals surface area (Å²) in [5.74, 6) is 3.36. The normalized spacial score (nSPS) is 16.0. The van der Waals surface area contributed by atoms with Gasteiger partial charge in [-0.25, -0.2) is 0 Å². The molecule has 0 saturated heterocycles. The second-order valence-electron chi connectivity index (χ2n) is 7.53. The molecule has 31 heavy (non-hydrogen) atoms. The van der Waals surface area contributed by atoms with Crippen molar-refractivity contribution in [3.05, 3.63) is 69.1 Å². The molecule has 0 aromatic heterocycles. The summed E-state index contributed by atoms with van der Waals surface area (Å²) in [7, 11) is 4.77. The highest BCUT2D eigenvalue weighted by Gasteiger charge is 2.24. The van der Waals surface area contributed by atoms with Crippen LogP contribution in [0.5, 0.6) is 11.5 Å². The number of hydrogen-bond acceptors (Lipinski definition) is 4. The smallest absolute Gasteiger partial charge is 0.529 e. The summed E-state index contributed by atoms with van der Waals surface area (Å²) < 4.78 is 23.0. The van der Waals surface area contributed by atoms with Crippen molar-refractivity contribution < 1.29 is 18.8 Å². The molecule has 2 aromatic carbocycles. The SMILES string of the molecule is COc1ccc(Cl)cc1C1=C(O[B]OC2=C(c3cc(Cl)ccc3OC)CCC2)CCC1. The summed E-state index contributed by atoms with van der Waals surface area (Å²) in [6.07, 6.45) is 5.54. The molecule has 2 aliphatic carbocycles. The van der Waals surface area contributed by atoms with Gasteiger partial charge in [-0.1, -0.05) is 23.2 Å². The van der Waals surface area contributed by atoms with E-state index in [2.05, 4.69) is 0 Å². The lowest BCUT2D eigenvalue weighted by atomic mass is 10.0. The van der Waals surface area contributed by atoms with Gasteiger partial charge >= 0.3 is 7.69 Å². The minimum absolute atomic E-state index is 0.672. The van der Waals surface area contributed by atoms with Gasteiger partial charge in [-0.15, -0.1) is 0 Å². The van der Waals surface area contributed by atoms with Crippen molar-refractivity contribution in [1.82, 2.24) is 0 Å². The molecule has 2 aromatic rings. The average molecular weight is 458 g/mol. The van der Waals surface area contributed by atoms with Crippen LogP contribution >= 0.6 is 23.2 Å². The van der Waals surface area contributed by atoms with E-state index in [0.29, 0.717) is 10.0 Å². The topological polar surface area (TPSA) is 36.9 Å². The van der Waals surface area contributed by atoms with E-state index in [0.717, 1.165) is 83.8 Å². The zero-order valence-corrected chi connectivity index (χ0v) is 19.2. The first-order valence-corrected chi connectivity index (χ1v) is 11.1. The van der Waals surface area contributed by atoms with E-state index in [1.807, 2.05) is 36.4 Å². The van der Waals surface area contributed by atoms with Crippen LogP contribution in [0.1, 0.15) is 49.7 Å². The molecular weight excluding hydrogens is 434 g/mol. The minimum atomic E-state index is 0.672. The predicted octanol–water partition coefficient (Wildman–Crippen LogP) is 7.07. The van der Waals surface area contributed by atoms with Crippen molar-refractivity contribution in [2.24, 2.45) is 0 Å². The standard InChI is InChI=1S/C24H24BCl2O4/c1-28-21-11-9-15(26)13-19(21)17-5-3-7-23(17)30-25-31-24-8-4-6-18(24)20-14-16(27)10-12-22(20)29-2/h9-14H,3-8H2,1-2H3. The van der Waals surface area contributed by atoms with Crippen LogP contribution in [0.4, 0.5) is 0 Å². The molecule has 4 rings (SSSR count). The van der Waals surface area contributed by atoms with Gasteiger partial charge in [-0.2, -0.15) is 0 Å². The molecule has 0 amide bonds. The second-order valence-corrected chi connectivity index (χ2v) is 8.40. The predicted molar refractivity (Wildman–Crippen MR) is 125 cm³/mol. The Bertz CT molecular complexity index is 951. The van der Waals surface area contributed by atoms with Gasteiger partial charge in [0.2, 0.25) is 0 Å². The van der Waals surface area contributed by atoms with Gasteiger partial charge in [0, 0.05) is 34.0 Å². The summed E-state index contributed by atoms with van der Waals surface area (Å²) in [4.78, 5) is 0. The van der Waals surface area contributed by atoms with Crippen molar-refractivity contribution in [2.45, 2.75) is 38.5 Å². The van der Waals surface area contributed by atoms with E-state index in [4.69, 9.17) is 42.0 Å². The Balaban J connectivity index is 1.52. The molecule has 0 saturated carbocycles. The Kier molecular flexibility index (Phi) is 7.04. The molecular formula is C24H24BCl2O4. The lowest BCUT2D eigenvalue weighted by Gasteiger charge is -2.15. The Morgan fingerprint density at radius 2 is 1.13 bits per heavy atom. The fraction of sp³-hybridized carbons (Fsp3) is 0.333. The largest absolute Gasteiger partial charge is 0.657 e. The van der Waals surface area contributed by atoms with Crippen molar-refractivity contribution in [3.8, 4) is 11.5 Å². The second kappa shape index (κ2) is 9.93. The highest BCUT2D eigenvalue weighted by atomic mass is 35.5. The Labute approximate surface area is 194 Å². The molecule has 0 heterocycles. The minimum Gasteiger partial charge on any atom is -0.529 e. The Morgan fingerprint density at radius 3 is 1.55 bits per heavy atom. The first-order valence-electron chi connectivity index (χ1n) is 10.4. The van der Waals surface area contributed by atoms with Gasteiger partial charge in [0.15, 0.2) is 0 Å². The van der Waals surface area contributed by atoms with Gasteiger partial charge in [0.25, 0.3) is 0 Å². The summed E-state index contributed by atoms with van der Waals surface area (Å²) in [5.41, 5.74) is 4.16. The van der Waals surface area contributed by atoms with Gasteiger partial charge < -0.3 is 18.8 Å². The highest BCUT2D eigenvalue weighted by Crippen LogP contribution is 2.41. The number of rotatable bonds is 8. The maximum absolute atomic E-state index is 6.22. The molecule has 0 unspecified atom stereocenters. The Hall–Kier alpha value is -2.24. The van der Waals surface area contributed by atoms with Gasteiger partial charge in [0.1, 0.15) is 11.5 Å². The number of benzene rings is 2. The number of allylic oxidation sites excluding steroid dienone is 4. The summed E-state index contributed by atoms with van der Waals surface area (Å²) in [5, 5.41) is 1.34. The van der Waals surface area contributed by atoms with Crippen LogP contribution < -0.4 is 9.47 Å². The lowest BCUT2D eigenvalue weighted by molar-refractivity contribution is 0.315. The molecule has 161 valence electrons. The molecule has 0 atom stereocenters. The van der Waals surface area contributed by atoms with Crippen LogP contribution in [-0.2, 0) is 9.31 Å². The molecule has 1 radical (unpaired) electrons. The molecule has 0 N–H and O–H groups in total. The van der Waals surface area contributed by atoms with Crippen LogP contribution in [0.2, 0.25) is 10.0 Å². The Morgan fingerprint density at radius 1 is 0.677 bits per heavy atom. The summed E-state index contributed by atoms with van der Waals surface area (Å²) in [6, 6.07) is 11.3. The van der Waals surface area contributed by atoms with E-state index in [-0.39, 0.29) is 0 Å². The molecule has 0 bridgehead atoms. The lowest BCUT2D eigenvalue weighted by Crippen LogP contribution is -2.05. The molecule has 0 aliphatic heterocycles. The zero-order valence-electron chi connectivity index (χ0n) is 17.7. The third-order valence-corrected chi connectivity index (χ3v) is 6.16. The van der Waals surface area contributed by atoms with Crippen molar-refractivity contribution in [2.75, 3.05) is 14.2 Å². The monoisotopic (exact) mass is 457 g/mol. The van der Waals surface area contributed by atoms with Gasteiger partial charge in [-0.3, -0.25) is 0 Å². The van der Waals surface area contributed by atoms with Crippen LogP contribution in [0, 0.1) is 0 Å². The first-order chi connectivity index (χ1) is 15.1. The fourth-order valence-electron chi connectivity index (χ4n) is 4.23. The van der Waals surface area contributed by atoms with E-state index < -0.39 is 0 Å².